The number of hydrogen-bond donors (Lipinski definition) is 2. The fourth-order valence-electron chi connectivity index (χ4n) is 2.38. The number of nitrogens with zero attached hydrogens (tertiary/aromatic N) is 2. The lowest BCUT2D eigenvalue weighted by Gasteiger charge is -2.22. The second-order valence-electron chi connectivity index (χ2n) is 4.68. The Kier molecular flexibility index (Phi) is 3.43. The molecule has 2 aromatic rings. The van der Waals surface area contributed by atoms with Crippen LogP contribution >= 0.6 is 11.9 Å². The van der Waals surface area contributed by atoms with Gasteiger partial charge in [0, 0.05) is 17.7 Å². The molecule has 1 aromatic carbocycles. The van der Waals surface area contributed by atoms with Crippen LogP contribution in [0.4, 0.5) is 5.69 Å². The molecular weight excluding hydrogens is 244 g/mol. The van der Waals surface area contributed by atoms with Crippen molar-refractivity contribution in [2.75, 3.05) is 17.8 Å². The van der Waals surface area contributed by atoms with Crippen molar-refractivity contribution in [1.29, 1.82) is 0 Å². The smallest absolute Gasteiger partial charge is 0.0918 e. The number of aryl methyl sites for hydroxylation is 1. The van der Waals surface area contributed by atoms with Crippen molar-refractivity contribution in [1.82, 2.24) is 15.1 Å². The number of nitrogens with one attached hydrogen (secondary N) is 2. The SMILES string of the molecule is Cn1ncc2cccc(NSC3CCNCC3)c21. The summed E-state index contributed by atoms with van der Waals surface area (Å²) < 4.78 is 5.44. The van der Waals surface area contributed by atoms with E-state index >= 15 is 0 Å². The van der Waals surface area contributed by atoms with Gasteiger partial charge in [-0.3, -0.25) is 4.68 Å². The lowest BCUT2D eigenvalue weighted by atomic mass is 10.2. The maximum atomic E-state index is 4.31. The second-order valence-corrected chi connectivity index (χ2v) is 5.79. The molecule has 5 heteroatoms. The maximum Gasteiger partial charge on any atom is 0.0918 e. The molecule has 96 valence electrons. The van der Waals surface area contributed by atoms with Crippen molar-refractivity contribution in [3.05, 3.63) is 24.4 Å². The fourth-order valence-corrected chi connectivity index (χ4v) is 3.31. The summed E-state index contributed by atoms with van der Waals surface area (Å²) in [5.41, 5.74) is 2.34. The molecule has 0 spiro atoms. The van der Waals surface area contributed by atoms with E-state index in [1.54, 1.807) is 0 Å². The molecule has 1 aliphatic heterocycles. The number of benzene rings is 1. The third kappa shape index (κ3) is 2.33. The molecule has 0 radical (unpaired) electrons. The van der Waals surface area contributed by atoms with Crippen molar-refractivity contribution < 1.29 is 0 Å². The van der Waals surface area contributed by atoms with E-state index < -0.39 is 0 Å². The molecule has 1 fully saturated rings. The Hall–Kier alpha value is -1.20. The zero-order chi connectivity index (χ0) is 12.4. The van der Waals surface area contributed by atoms with Crippen molar-refractivity contribution in [2.24, 2.45) is 7.05 Å². The van der Waals surface area contributed by atoms with Crippen LogP contribution in [0.25, 0.3) is 10.9 Å². The molecule has 1 aromatic heterocycles. The van der Waals surface area contributed by atoms with E-state index in [2.05, 4.69) is 33.3 Å². The first-order valence-corrected chi connectivity index (χ1v) is 7.25. The minimum Gasteiger partial charge on any atom is -0.328 e. The summed E-state index contributed by atoms with van der Waals surface area (Å²) in [4.78, 5) is 0. The van der Waals surface area contributed by atoms with Gasteiger partial charge in [0.1, 0.15) is 0 Å². The van der Waals surface area contributed by atoms with Crippen LogP contribution in [-0.4, -0.2) is 28.1 Å². The third-order valence-corrected chi connectivity index (χ3v) is 4.53. The summed E-state index contributed by atoms with van der Waals surface area (Å²) in [5.74, 6) is 0. The monoisotopic (exact) mass is 262 g/mol. The summed E-state index contributed by atoms with van der Waals surface area (Å²) in [6, 6.07) is 6.30. The highest BCUT2D eigenvalue weighted by Gasteiger charge is 2.14. The molecule has 2 heterocycles. The predicted octanol–water partition coefficient (Wildman–Crippen LogP) is 2.39. The van der Waals surface area contributed by atoms with Gasteiger partial charge in [0.25, 0.3) is 0 Å². The van der Waals surface area contributed by atoms with Gasteiger partial charge in [0.05, 0.1) is 17.4 Å². The lowest BCUT2D eigenvalue weighted by Crippen LogP contribution is -2.29. The van der Waals surface area contributed by atoms with E-state index in [4.69, 9.17) is 0 Å². The zero-order valence-electron chi connectivity index (χ0n) is 10.5. The van der Waals surface area contributed by atoms with Gasteiger partial charge in [0.15, 0.2) is 0 Å². The zero-order valence-corrected chi connectivity index (χ0v) is 11.3. The van der Waals surface area contributed by atoms with Crippen molar-refractivity contribution in [2.45, 2.75) is 18.1 Å². The van der Waals surface area contributed by atoms with Crippen LogP contribution in [0, 0.1) is 0 Å². The molecule has 3 rings (SSSR count). The van der Waals surface area contributed by atoms with Crippen LogP contribution in [0.3, 0.4) is 0 Å². The Labute approximate surface area is 111 Å². The summed E-state index contributed by atoms with van der Waals surface area (Å²) in [7, 11) is 1.99. The van der Waals surface area contributed by atoms with Crippen LogP contribution in [-0.2, 0) is 7.05 Å². The minimum atomic E-state index is 0.703. The largest absolute Gasteiger partial charge is 0.328 e. The highest BCUT2D eigenvalue weighted by atomic mass is 32.2. The summed E-state index contributed by atoms with van der Waals surface area (Å²) in [6.45, 7) is 2.27. The Balaban J connectivity index is 1.75. The minimum absolute atomic E-state index is 0.703. The topological polar surface area (TPSA) is 41.9 Å². The molecule has 0 bridgehead atoms. The first-order valence-electron chi connectivity index (χ1n) is 6.38. The second kappa shape index (κ2) is 5.20. The van der Waals surface area contributed by atoms with E-state index in [9.17, 15) is 0 Å². The van der Waals surface area contributed by atoms with E-state index in [1.165, 1.54) is 23.7 Å². The summed E-state index contributed by atoms with van der Waals surface area (Å²) >= 11 is 1.85. The van der Waals surface area contributed by atoms with Gasteiger partial charge in [0.2, 0.25) is 0 Å². The molecule has 0 aliphatic carbocycles. The van der Waals surface area contributed by atoms with Gasteiger partial charge in [-0.25, -0.2) is 0 Å². The highest BCUT2D eigenvalue weighted by Crippen LogP contribution is 2.28. The first-order chi connectivity index (χ1) is 8.84. The number of piperidine rings is 1. The van der Waals surface area contributed by atoms with E-state index in [-0.39, 0.29) is 0 Å². The molecular formula is C13H18N4S. The van der Waals surface area contributed by atoms with Crippen molar-refractivity contribution >= 4 is 28.5 Å². The Bertz CT molecular complexity index is 531. The van der Waals surface area contributed by atoms with Gasteiger partial charge in [-0.2, -0.15) is 5.10 Å². The van der Waals surface area contributed by atoms with E-state index in [0.29, 0.717) is 5.25 Å². The Morgan fingerprint density at radius 1 is 1.39 bits per heavy atom. The molecule has 1 aliphatic rings. The third-order valence-electron chi connectivity index (χ3n) is 3.38. The summed E-state index contributed by atoms with van der Waals surface area (Å²) in [5, 5.41) is 9.59. The fraction of sp³-hybridized carbons (Fsp3) is 0.462. The molecule has 0 unspecified atom stereocenters. The number of rotatable bonds is 3. The summed E-state index contributed by atoms with van der Waals surface area (Å²) in [6.07, 6.45) is 4.38. The lowest BCUT2D eigenvalue weighted by molar-refractivity contribution is 0.532. The Morgan fingerprint density at radius 2 is 2.22 bits per heavy atom. The van der Waals surface area contributed by atoms with Gasteiger partial charge in [-0.1, -0.05) is 12.1 Å². The Morgan fingerprint density at radius 3 is 3.06 bits per heavy atom. The first kappa shape index (κ1) is 11.9. The average Bonchev–Trinajstić information content (AvgIpc) is 2.80. The molecule has 4 nitrogen and oxygen atoms in total. The maximum absolute atomic E-state index is 4.31. The quantitative estimate of drug-likeness (QED) is 0.833. The number of anilines is 1. The molecule has 0 atom stereocenters. The normalized spacial score (nSPS) is 17.2. The molecule has 18 heavy (non-hydrogen) atoms. The van der Waals surface area contributed by atoms with Crippen molar-refractivity contribution in [3.8, 4) is 0 Å². The molecule has 2 N–H and O–H groups in total. The van der Waals surface area contributed by atoms with Gasteiger partial charge < -0.3 is 10.0 Å². The van der Waals surface area contributed by atoms with Crippen LogP contribution in [0.15, 0.2) is 24.4 Å². The molecule has 1 saturated heterocycles. The van der Waals surface area contributed by atoms with Crippen LogP contribution in [0.2, 0.25) is 0 Å². The standard InChI is InChI=1S/C13H18N4S/c1-17-13-10(9-15-17)3-2-4-12(13)16-18-11-5-7-14-8-6-11/h2-4,9,11,14,16H,5-8H2,1H3. The number of para-hydroxylation sites is 1. The van der Waals surface area contributed by atoms with E-state index in [0.717, 1.165) is 18.8 Å². The van der Waals surface area contributed by atoms with Gasteiger partial charge >= 0.3 is 0 Å². The number of aromatic nitrogens is 2. The number of fused-ring (bicyclic) bond motifs is 1. The van der Waals surface area contributed by atoms with Crippen LogP contribution in [0.1, 0.15) is 12.8 Å². The number of hydrogen-bond acceptors (Lipinski definition) is 4. The van der Waals surface area contributed by atoms with Crippen LogP contribution < -0.4 is 10.0 Å². The predicted molar refractivity (Wildman–Crippen MR) is 77.8 cm³/mol. The van der Waals surface area contributed by atoms with Crippen LogP contribution in [0.5, 0.6) is 0 Å². The molecule has 0 amide bonds. The van der Waals surface area contributed by atoms with Gasteiger partial charge in [-0.15, -0.1) is 0 Å². The highest BCUT2D eigenvalue weighted by molar-refractivity contribution is 8.01. The average molecular weight is 262 g/mol. The van der Waals surface area contributed by atoms with Gasteiger partial charge in [-0.05, 0) is 43.9 Å². The van der Waals surface area contributed by atoms with Crippen molar-refractivity contribution in [3.63, 3.8) is 0 Å². The van der Waals surface area contributed by atoms with E-state index in [1.807, 2.05) is 29.9 Å². The molecule has 0 saturated carbocycles.